The summed E-state index contributed by atoms with van der Waals surface area (Å²) >= 11 is 0. The van der Waals surface area contributed by atoms with Crippen molar-refractivity contribution in [2.75, 3.05) is 6.61 Å². The van der Waals surface area contributed by atoms with E-state index in [0.29, 0.717) is 0 Å². The van der Waals surface area contributed by atoms with Gasteiger partial charge in [-0.2, -0.15) is 0 Å². The summed E-state index contributed by atoms with van der Waals surface area (Å²) in [4.78, 5) is 0. The van der Waals surface area contributed by atoms with Crippen molar-refractivity contribution < 1.29 is 9.84 Å². The Hall–Kier alpha value is -0.520. The van der Waals surface area contributed by atoms with Crippen LogP contribution in [0.3, 0.4) is 0 Å². The van der Waals surface area contributed by atoms with Crippen LogP contribution in [-0.4, -0.2) is 23.9 Å². The Kier molecular flexibility index (Phi) is 2.73. The van der Waals surface area contributed by atoms with Crippen LogP contribution in [0, 0.1) is 11.8 Å². The monoisotopic (exact) mass is 140 g/mol. The van der Waals surface area contributed by atoms with E-state index >= 15 is 0 Å². The standard InChI is InChI=1S/C8H12O2/c1-2-3-4-5-7(9)8-6-10-8/h7-9H,4-6H2,1H3/t7-,8?/m0/s1. The van der Waals surface area contributed by atoms with Crippen molar-refractivity contribution in [2.24, 2.45) is 0 Å². The summed E-state index contributed by atoms with van der Waals surface area (Å²) in [5.74, 6) is 5.68. The lowest BCUT2D eigenvalue weighted by molar-refractivity contribution is 0.128. The highest BCUT2D eigenvalue weighted by Crippen LogP contribution is 2.16. The second-order valence-corrected chi connectivity index (χ2v) is 2.40. The van der Waals surface area contributed by atoms with Crippen molar-refractivity contribution in [3.05, 3.63) is 0 Å². The third-order valence-electron chi connectivity index (χ3n) is 1.53. The molecule has 56 valence electrons. The van der Waals surface area contributed by atoms with Crippen LogP contribution in [-0.2, 0) is 4.74 Å². The summed E-state index contributed by atoms with van der Waals surface area (Å²) in [5.41, 5.74) is 0. The summed E-state index contributed by atoms with van der Waals surface area (Å²) in [6.45, 7) is 2.53. The first-order valence-corrected chi connectivity index (χ1v) is 3.54. The van der Waals surface area contributed by atoms with Crippen molar-refractivity contribution in [1.29, 1.82) is 0 Å². The first-order valence-electron chi connectivity index (χ1n) is 3.54. The SMILES string of the molecule is CC#CCC[C@H](O)C1CO1. The Balaban J connectivity index is 2.04. The Labute approximate surface area is 61.2 Å². The average Bonchev–Trinajstić information content (AvgIpc) is 2.69. The summed E-state index contributed by atoms with van der Waals surface area (Å²) in [5, 5.41) is 9.22. The fourth-order valence-corrected chi connectivity index (χ4v) is 0.809. The van der Waals surface area contributed by atoms with E-state index in [1.165, 1.54) is 0 Å². The van der Waals surface area contributed by atoms with E-state index in [0.717, 1.165) is 19.4 Å². The Bertz CT molecular complexity index is 150. The largest absolute Gasteiger partial charge is 0.390 e. The number of hydrogen-bond acceptors (Lipinski definition) is 2. The molecule has 0 aromatic rings. The average molecular weight is 140 g/mol. The number of rotatable bonds is 3. The molecule has 0 aliphatic carbocycles. The van der Waals surface area contributed by atoms with Gasteiger partial charge in [-0.25, -0.2) is 0 Å². The molecule has 1 saturated heterocycles. The van der Waals surface area contributed by atoms with Crippen LogP contribution in [0.5, 0.6) is 0 Å². The summed E-state index contributed by atoms with van der Waals surface area (Å²) in [6.07, 6.45) is 1.34. The minimum absolute atomic E-state index is 0.110. The third kappa shape index (κ3) is 2.38. The van der Waals surface area contributed by atoms with Gasteiger partial charge in [0, 0.05) is 6.42 Å². The van der Waals surface area contributed by atoms with Gasteiger partial charge in [0.05, 0.1) is 12.7 Å². The van der Waals surface area contributed by atoms with Gasteiger partial charge in [-0.05, 0) is 13.3 Å². The van der Waals surface area contributed by atoms with Gasteiger partial charge in [-0.1, -0.05) is 0 Å². The highest BCUT2D eigenvalue weighted by molar-refractivity contribution is 4.96. The molecule has 1 rings (SSSR count). The van der Waals surface area contributed by atoms with Crippen molar-refractivity contribution in [2.45, 2.75) is 32.0 Å². The van der Waals surface area contributed by atoms with E-state index in [2.05, 4.69) is 11.8 Å². The molecule has 0 amide bonds. The van der Waals surface area contributed by atoms with Crippen LogP contribution in [0.25, 0.3) is 0 Å². The fraction of sp³-hybridized carbons (Fsp3) is 0.750. The maximum Gasteiger partial charge on any atom is 0.107 e. The molecule has 2 atom stereocenters. The zero-order valence-corrected chi connectivity index (χ0v) is 6.13. The smallest absolute Gasteiger partial charge is 0.107 e. The molecule has 2 nitrogen and oxygen atoms in total. The number of ether oxygens (including phenoxy) is 1. The number of aliphatic hydroxyl groups excluding tert-OH is 1. The van der Waals surface area contributed by atoms with Gasteiger partial charge < -0.3 is 9.84 Å². The van der Waals surface area contributed by atoms with Gasteiger partial charge >= 0.3 is 0 Å². The van der Waals surface area contributed by atoms with Gasteiger partial charge in [-0.3, -0.25) is 0 Å². The molecule has 0 aromatic heterocycles. The second kappa shape index (κ2) is 3.60. The first-order chi connectivity index (χ1) is 4.84. The first kappa shape index (κ1) is 7.59. The van der Waals surface area contributed by atoms with Crippen LogP contribution >= 0.6 is 0 Å². The molecule has 2 heteroatoms. The molecule has 0 radical (unpaired) electrons. The minimum atomic E-state index is -0.291. The van der Waals surface area contributed by atoms with Crippen LogP contribution in [0.15, 0.2) is 0 Å². The molecule has 0 saturated carbocycles. The van der Waals surface area contributed by atoms with Crippen LogP contribution < -0.4 is 0 Å². The van der Waals surface area contributed by atoms with Crippen LogP contribution in [0.1, 0.15) is 19.8 Å². The molecule has 10 heavy (non-hydrogen) atoms. The lowest BCUT2D eigenvalue weighted by atomic mass is 10.1. The van der Waals surface area contributed by atoms with Crippen molar-refractivity contribution in [1.82, 2.24) is 0 Å². The van der Waals surface area contributed by atoms with Gasteiger partial charge in [0.1, 0.15) is 6.10 Å². The maximum atomic E-state index is 9.22. The zero-order chi connectivity index (χ0) is 7.40. The molecular weight excluding hydrogens is 128 g/mol. The molecule has 1 unspecified atom stereocenters. The molecule has 0 bridgehead atoms. The Morgan fingerprint density at radius 1 is 1.80 bits per heavy atom. The predicted molar refractivity (Wildman–Crippen MR) is 38.4 cm³/mol. The topological polar surface area (TPSA) is 32.8 Å². The Morgan fingerprint density at radius 3 is 3.00 bits per heavy atom. The molecule has 1 heterocycles. The van der Waals surface area contributed by atoms with E-state index in [4.69, 9.17) is 4.74 Å². The van der Waals surface area contributed by atoms with E-state index in [1.807, 2.05) is 0 Å². The molecule has 1 aliphatic rings. The molecule has 0 aromatic carbocycles. The molecular formula is C8H12O2. The van der Waals surface area contributed by atoms with Crippen LogP contribution in [0.4, 0.5) is 0 Å². The highest BCUT2D eigenvalue weighted by atomic mass is 16.6. The third-order valence-corrected chi connectivity index (χ3v) is 1.53. The van der Waals surface area contributed by atoms with E-state index in [1.54, 1.807) is 6.92 Å². The fourth-order valence-electron chi connectivity index (χ4n) is 0.809. The maximum absolute atomic E-state index is 9.22. The quantitative estimate of drug-likeness (QED) is 0.458. The van der Waals surface area contributed by atoms with Crippen molar-refractivity contribution >= 4 is 0 Å². The lowest BCUT2D eigenvalue weighted by Gasteiger charge is -2.01. The summed E-state index contributed by atoms with van der Waals surface area (Å²) < 4.78 is 4.90. The number of hydrogen-bond donors (Lipinski definition) is 1. The van der Waals surface area contributed by atoms with E-state index < -0.39 is 0 Å². The molecule has 1 aliphatic heterocycles. The lowest BCUT2D eigenvalue weighted by Crippen LogP contribution is -2.13. The van der Waals surface area contributed by atoms with Gasteiger partial charge in [0.15, 0.2) is 0 Å². The van der Waals surface area contributed by atoms with Gasteiger partial charge in [-0.15, -0.1) is 11.8 Å². The second-order valence-electron chi connectivity index (χ2n) is 2.40. The van der Waals surface area contributed by atoms with E-state index in [9.17, 15) is 5.11 Å². The number of epoxide rings is 1. The zero-order valence-electron chi connectivity index (χ0n) is 6.13. The number of aliphatic hydroxyl groups is 1. The predicted octanol–water partition coefficient (Wildman–Crippen LogP) is 0.550. The summed E-state index contributed by atoms with van der Waals surface area (Å²) in [6, 6.07) is 0. The molecule has 0 spiro atoms. The molecule has 1 N–H and O–H groups in total. The van der Waals surface area contributed by atoms with Crippen molar-refractivity contribution in [3.63, 3.8) is 0 Å². The highest BCUT2D eigenvalue weighted by Gasteiger charge is 2.30. The normalized spacial score (nSPS) is 24.8. The molecule has 1 fully saturated rings. The van der Waals surface area contributed by atoms with E-state index in [-0.39, 0.29) is 12.2 Å². The summed E-state index contributed by atoms with van der Waals surface area (Å²) in [7, 11) is 0. The minimum Gasteiger partial charge on any atom is -0.390 e. The van der Waals surface area contributed by atoms with Gasteiger partial charge in [0.25, 0.3) is 0 Å². The van der Waals surface area contributed by atoms with Gasteiger partial charge in [0.2, 0.25) is 0 Å². The Morgan fingerprint density at radius 2 is 2.50 bits per heavy atom. The van der Waals surface area contributed by atoms with Crippen molar-refractivity contribution in [3.8, 4) is 11.8 Å². The van der Waals surface area contributed by atoms with Crippen LogP contribution in [0.2, 0.25) is 0 Å².